The van der Waals surface area contributed by atoms with Crippen LogP contribution < -0.4 is 11.1 Å². The van der Waals surface area contributed by atoms with Gasteiger partial charge >= 0.3 is 0 Å². The van der Waals surface area contributed by atoms with E-state index in [1.165, 1.54) is 12.3 Å². The van der Waals surface area contributed by atoms with Crippen LogP contribution in [-0.2, 0) is 11.8 Å². The fraction of sp³-hybridized carbons (Fsp3) is 0.273. The van der Waals surface area contributed by atoms with Gasteiger partial charge in [0.2, 0.25) is 0 Å². The molecule has 0 saturated carbocycles. The molecule has 0 radical (unpaired) electrons. The summed E-state index contributed by atoms with van der Waals surface area (Å²) >= 11 is 0. The van der Waals surface area contributed by atoms with Crippen LogP contribution in [0.15, 0.2) is 49.5 Å². The average Bonchev–Trinajstić information content (AvgIpc) is 3.02. The highest BCUT2D eigenvalue weighted by atomic mass is 19.1. The Kier molecular flexibility index (Phi) is 10.0. The van der Waals surface area contributed by atoms with E-state index >= 15 is 0 Å². The summed E-state index contributed by atoms with van der Waals surface area (Å²) in [4.78, 5) is 15.9. The minimum Gasteiger partial charge on any atom is -0.499 e. The Morgan fingerprint density at radius 2 is 2.10 bits per heavy atom. The lowest BCUT2D eigenvalue weighted by molar-refractivity contribution is 0.0994. The Labute approximate surface area is 176 Å². The summed E-state index contributed by atoms with van der Waals surface area (Å²) in [6, 6.07) is 6.62. The average molecular weight is 416 g/mol. The molecule has 0 atom stereocenters. The first-order valence-electron chi connectivity index (χ1n) is 9.49. The van der Waals surface area contributed by atoms with Gasteiger partial charge in [-0.1, -0.05) is 26.5 Å². The molecule has 0 aliphatic rings. The van der Waals surface area contributed by atoms with E-state index in [0.29, 0.717) is 17.7 Å². The zero-order valence-electron chi connectivity index (χ0n) is 17.8. The Morgan fingerprint density at radius 3 is 2.63 bits per heavy atom. The van der Waals surface area contributed by atoms with E-state index in [-0.39, 0.29) is 18.0 Å². The summed E-state index contributed by atoms with van der Waals surface area (Å²) in [5, 5.41) is 11.7. The van der Waals surface area contributed by atoms with Crippen molar-refractivity contribution >= 4 is 28.2 Å². The Bertz CT molecular complexity index is 986. The van der Waals surface area contributed by atoms with Crippen LogP contribution in [0.3, 0.4) is 0 Å². The number of nitrogens with zero attached hydrogens (tertiary/aromatic N) is 2. The maximum atomic E-state index is 14.1. The van der Waals surface area contributed by atoms with Crippen LogP contribution in [0.4, 0.5) is 15.8 Å². The van der Waals surface area contributed by atoms with Crippen LogP contribution in [0.5, 0.6) is 0 Å². The molecule has 0 saturated heterocycles. The van der Waals surface area contributed by atoms with Gasteiger partial charge in [0.25, 0.3) is 5.91 Å². The molecular formula is C22H29FN4O3. The molecule has 0 spiro atoms. The third-order valence-corrected chi connectivity index (χ3v) is 3.95. The lowest BCUT2D eigenvalue weighted by Gasteiger charge is -2.09. The summed E-state index contributed by atoms with van der Waals surface area (Å²) in [6.45, 7) is 9.49. The second kappa shape index (κ2) is 12.2. The van der Waals surface area contributed by atoms with Crippen LogP contribution in [0, 0.1) is 12.7 Å². The molecule has 1 aromatic carbocycles. The third-order valence-electron chi connectivity index (χ3n) is 3.95. The van der Waals surface area contributed by atoms with Gasteiger partial charge in [0.05, 0.1) is 29.8 Å². The predicted molar refractivity (Wildman–Crippen MR) is 118 cm³/mol. The number of aromatic nitrogens is 2. The lowest BCUT2D eigenvalue weighted by atomic mass is 10.2. The van der Waals surface area contributed by atoms with Gasteiger partial charge in [-0.2, -0.15) is 0 Å². The molecule has 0 unspecified atom stereocenters. The molecule has 2 heterocycles. The van der Waals surface area contributed by atoms with E-state index in [9.17, 15) is 9.18 Å². The van der Waals surface area contributed by atoms with E-state index in [1.807, 2.05) is 20.8 Å². The number of carbonyl (C=O) groups is 1. The maximum absolute atomic E-state index is 14.1. The van der Waals surface area contributed by atoms with Crippen LogP contribution in [0.1, 0.15) is 29.9 Å². The number of fused-ring (bicyclic) bond motifs is 1. The molecule has 7 nitrogen and oxygen atoms in total. The van der Waals surface area contributed by atoms with Gasteiger partial charge in [-0.15, -0.1) is 0 Å². The van der Waals surface area contributed by atoms with Crippen molar-refractivity contribution in [2.45, 2.75) is 20.8 Å². The normalized spacial score (nSPS) is 9.67. The molecule has 0 aliphatic carbocycles. The van der Waals surface area contributed by atoms with Gasteiger partial charge < -0.3 is 25.5 Å². The van der Waals surface area contributed by atoms with Gasteiger partial charge in [0.15, 0.2) is 0 Å². The van der Waals surface area contributed by atoms with Gasteiger partial charge in [-0.25, -0.2) is 4.39 Å². The second-order valence-corrected chi connectivity index (χ2v) is 5.91. The Morgan fingerprint density at radius 1 is 1.40 bits per heavy atom. The highest BCUT2D eigenvalue weighted by Gasteiger charge is 2.20. The number of hydrogen-bond donors (Lipinski definition) is 3. The number of benzene rings is 1. The third kappa shape index (κ3) is 6.05. The van der Waals surface area contributed by atoms with Crippen molar-refractivity contribution in [2.24, 2.45) is 12.8 Å². The SMILES string of the molecule is C=COCCO.CC.Cc1ccc(Nc2c(C(N)=O)n(C)c3ccncc23)c(F)c1. The minimum absolute atomic E-state index is 0.0615. The van der Waals surface area contributed by atoms with E-state index < -0.39 is 11.7 Å². The molecule has 1 amide bonds. The number of pyridine rings is 1. The Hall–Kier alpha value is -3.39. The molecule has 2 aromatic heterocycles. The van der Waals surface area contributed by atoms with Crippen LogP contribution >= 0.6 is 0 Å². The summed E-state index contributed by atoms with van der Waals surface area (Å²) in [5.41, 5.74) is 8.11. The van der Waals surface area contributed by atoms with Crippen molar-refractivity contribution in [3.63, 3.8) is 0 Å². The quantitative estimate of drug-likeness (QED) is 0.416. The molecule has 0 aliphatic heterocycles. The van der Waals surface area contributed by atoms with Gasteiger partial charge in [-0.3, -0.25) is 9.78 Å². The van der Waals surface area contributed by atoms with E-state index in [0.717, 1.165) is 11.1 Å². The molecular weight excluding hydrogens is 387 g/mol. The second-order valence-electron chi connectivity index (χ2n) is 5.91. The summed E-state index contributed by atoms with van der Waals surface area (Å²) in [6.07, 6.45) is 4.55. The predicted octanol–water partition coefficient (Wildman–Crippen LogP) is 4.03. The van der Waals surface area contributed by atoms with Crippen LogP contribution in [-0.4, -0.2) is 33.8 Å². The largest absolute Gasteiger partial charge is 0.499 e. The fourth-order valence-corrected chi connectivity index (χ4v) is 2.70. The number of rotatable bonds is 6. The first-order chi connectivity index (χ1) is 14.4. The number of carbonyl (C=O) groups excluding carboxylic acids is 1. The lowest BCUT2D eigenvalue weighted by Crippen LogP contribution is -2.17. The molecule has 162 valence electrons. The molecule has 8 heteroatoms. The molecule has 0 fully saturated rings. The number of anilines is 2. The molecule has 3 aromatic rings. The number of aliphatic hydroxyl groups is 1. The number of amides is 1. The monoisotopic (exact) mass is 416 g/mol. The standard InChI is InChI=1S/C16H15FN4O.C4H8O2.C2H6/c1-9-3-4-12(11(17)7-9)20-14-10-8-19-6-5-13(10)21(2)15(14)16(18)22;1-2-6-4-3-5;1-2/h3-8,20H,1-2H3,(H2,18,22);2,5H,1,3-4H2;1-2H3. The van der Waals surface area contributed by atoms with Gasteiger partial charge in [-0.05, 0) is 30.7 Å². The summed E-state index contributed by atoms with van der Waals surface area (Å²) in [5.74, 6) is -0.981. The first kappa shape index (κ1) is 24.6. The molecule has 4 N–H and O–H groups in total. The number of halogens is 1. The van der Waals surface area contributed by atoms with E-state index in [1.54, 1.807) is 42.2 Å². The van der Waals surface area contributed by atoms with E-state index in [2.05, 4.69) is 21.6 Å². The summed E-state index contributed by atoms with van der Waals surface area (Å²) in [7, 11) is 1.74. The van der Waals surface area contributed by atoms with Crippen LogP contribution in [0.2, 0.25) is 0 Å². The van der Waals surface area contributed by atoms with Gasteiger partial charge in [0.1, 0.15) is 18.1 Å². The number of nitrogens with two attached hydrogens (primary N) is 1. The maximum Gasteiger partial charge on any atom is 0.267 e. The highest BCUT2D eigenvalue weighted by Crippen LogP contribution is 2.32. The number of ether oxygens (including phenoxy) is 1. The Balaban J connectivity index is 0.000000487. The van der Waals surface area contributed by atoms with Crippen molar-refractivity contribution < 1.29 is 19.0 Å². The highest BCUT2D eigenvalue weighted by molar-refractivity contribution is 6.09. The summed E-state index contributed by atoms with van der Waals surface area (Å²) < 4.78 is 20.2. The first-order valence-corrected chi connectivity index (χ1v) is 9.49. The van der Waals surface area contributed by atoms with Crippen molar-refractivity contribution in [2.75, 3.05) is 18.5 Å². The zero-order valence-corrected chi connectivity index (χ0v) is 17.8. The van der Waals surface area contributed by atoms with Crippen LogP contribution in [0.25, 0.3) is 10.9 Å². The van der Waals surface area contributed by atoms with Crippen molar-refractivity contribution in [1.82, 2.24) is 9.55 Å². The molecule has 3 rings (SSSR count). The molecule has 30 heavy (non-hydrogen) atoms. The number of aryl methyl sites for hydroxylation is 2. The van der Waals surface area contributed by atoms with E-state index in [4.69, 9.17) is 10.8 Å². The minimum atomic E-state index is -0.589. The van der Waals surface area contributed by atoms with Crippen molar-refractivity contribution in [3.05, 3.63) is 66.6 Å². The number of hydrogen-bond acceptors (Lipinski definition) is 5. The van der Waals surface area contributed by atoms with Crippen molar-refractivity contribution in [1.29, 1.82) is 0 Å². The molecule has 0 bridgehead atoms. The number of primary amides is 1. The smallest absolute Gasteiger partial charge is 0.267 e. The topological polar surface area (TPSA) is 102 Å². The number of nitrogens with one attached hydrogen (secondary N) is 1. The van der Waals surface area contributed by atoms with Gasteiger partial charge in [0, 0.05) is 24.8 Å². The van der Waals surface area contributed by atoms with Crippen molar-refractivity contribution in [3.8, 4) is 0 Å². The zero-order chi connectivity index (χ0) is 22.7. The fourth-order valence-electron chi connectivity index (χ4n) is 2.70. The number of aliphatic hydroxyl groups excluding tert-OH is 1.